The van der Waals surface area contributed by atoms with E-state index in [1.165, 1.54) is 6.07 Å². The highest BCUT2D eigenvalue weighted by Gasteiger charge is 2.18. The van der Waals surface area contributed by atoms with Crippen LogP contribution in [-0.4, -0.2) is 18.8 Å². The molecule has 0 saturated carbocycles. The third-order valence-electron chi connectivity index (χ3n) is 3.58. The van der Waals surface area contributed by atoms with E-state index in [1.807, 2.05) is 40.8 Å². The summed E-state index contributed by atoms with van der Waals surface area (Å²) < 4.78 is 30.4. The average molecular weight is 482 g/mol. The third kappa shape index (κ3) is 4.32. The summed E-state index contributed by atoms with van der Waals surface area (Å²) >= 11 is 1.97. The van der Waals surface area contributed by atoms with Crippen molar-refractivity contribution >= 4 is 60.8 Å². The molecule has 0 fully saturated rings. The Bertz CT molecular complexity index is 1030. The summed E-state index contributed by atoms with van der Waals surface area (Å²) in [7, 11) is -4.00. The van der Waals surface area contributed by atoms with Gasteiger partial charge in [0, 0.05) is 11.1 Å². The van der Waals surface area contributed by atoms with Crippen LogP contribution in [0.25, 0.3) is 10.8 Å². The van der Waals surface area contributed by atoms with E-state index in [9.17, 15) is 13.2 Å². The maximum atomic E-state index is 12.5. The first-order valence-corrected chi connectivity index (χ1v) is 10.6. The minimum atomic E-state index is -4.00. The number of hydrogen-bond donors (Lipinski definition) is 2. The van der Waals surface area contributed by atoms with E-state index in [0.29, 0.717) is 21.2 Å². The van der Waals surface area contributed by atoms with E-state index in [0.717, 1.165) is 5.39 Å². The summed E-state index contributed by atoms with van der Waals surface area (Å²) in [5.41, 5.74) is 3.51. The normalized spacial score (nSPS) is 11.3. The topological polar surface area (TPSA) is 84.5 Å². The number of halogens is 1. The fourth-order valence-corrected chi connectivity index (χ4v) is 3.56. The molecule has 2 N–H and O–H groups in total. The summed E-state index contributed by atoms with van der Waals surface area (Å²) in [6.07, 6.45) is 0. The summed E-state index contributed by atoms with van der Waals surface area (Å²) in [6, 6.07) is 18.7. The van der Waals surface area contributed by atoms with Crippen molar-refractivity contribution in [3.05, 3.63) is 66.7 Å². The van der Waals surface area contributed by atoms with Gasteiger partial charge in [0.1, 0.15) is 4.90 Å². The lowest BCUT2D eigenvalue weighted by atomic mass is 10.1. The van der Waals surface area contributed by atoms with Gasteiger partial charge >= 0.3 is 10.1 Å². The summed E-state index contributed by atoms with van der Waals surface area (Å²) in [4.78, 5) is 11.4. The number of carbonyl (C=O) groups excluding carboxylic acids is 1. The first-order chi connectivity index (χ1) is 12.5. The van der Waals surface area contributed by atoms with Crippen LogP contribution in [0.1, 0.15) is 0 Å². The standard InChI is InChI=1S/C18H15IN2O4S/c19-12-18(22)20-14-8-10-15(11-9-14)21-25-26(23,24)17-7-3-5-13-4-1-2-6-16(13)17/h1-11,21H,12H2,(H,20,22). The van der Waals surface area contributed by atoms with Crippen LogP contribution in [-0.2, 0) is 19.2 Å². The molecule has 26 heavy (non-hydrogen) atoms. The van der Waals surface area contributed by atoms with Gasteiger partial charge in [-0.05, 0) is 35.7 Å². The molecule has 0 aliphatic rings. The minimum Gasteiger partial charge on any atom is -0.325 e. The molecule has 0 saturated heterocycles. The molecular weight excluding hydrogens is 467 g/mol. The minimum absolute atomic E-state index is 0.0917. The van der Waals surface area contributed by atoms with Gasteiger partial charge in [-0.2, -0.15) is 8.42 Å². The van der Waals surface area contributed by atoms with Crippen LogP contribution in [0.15, 0.2) is 71.6 Å². The number of carbonyl (C=O) groups is 1. The van der Waals surface area contributed by atoms with Crippen molar-refractivity contribution in [3.8, 4) is 0 Å². The molecule has 3 rings (SSSR count). The molecule has 0 spiro atoms. The van der Waals surface area contributed by atoms with Crippen molar-refractivity contribution in [2.45, 2.75) is 4.90 Å². The second-order valence-corrected chi connectivity index (χ2v) is 7.65. The van der Waals surface area contributed by atoms with Crippen LogP contribution in [0.5, 0.6) is 0 Å². The molecule has 134 valence electrons. The Balaban J connectivity index is 1.75. The Labute approximate surface area is 164 Å². The van der Waals surface area contributed by atoms with E-state index in [4.69, 9.17) is 4.28 Å². The molecule has 0 radical (unpaired) electrons. The zero-order valence-corrected chi connectivity index (χ0v) is 16.5. The molecule has 0 aromatic heterocycles. The van der Waals surface area contributed by atoms with E-state index in [2.05, 4.69) is 10.8 Å². The first kappa shape index (κ1) is 18.6. The van der Waals surface area contributed by atoms with Gasteiger partial charge in [-0.1, -0.05) is 59.0 Å². The van der Waals surface area contributed by atoms with Crippen molar-refractivity contribution in [1.82, 2.24) is 0 Å². The van der Waals surface area contributed by atoms with E-state index >= 15 is 0 Å². The van der Waals surface area contributed by atoms with Gasteiger partial charge in [-0.15, -0.1) is 4.28 Å². The number of alkyl halides is 1. The highest BCUT2D eigenvalue weighted by atomic mass is 127. The lowest BCUT2D eigenvalue weighted by molar-refractivity contribution is -0.113. The molecule has 6 nitrogen and oxygen atoms in total. The molecule has 1 amide bonds. The molecule has 0 aliphatic carbocycles. The molecule has 0 unspecified atom stereocenters. The van der Waals surface area contributed by atoms with Crippen LogP contribution in [0.4, 0.5) is 11.4 Å². The average Bonchev–Trinajstić information content (AvgIpc) is 2.67. The number of rotatable bonds is 6. The van der Waals surface area contributed by atoms with E-state index in [1.54, 1.807) is 42.5 Å². The number of fused-ring (bicyclic) bond motifs is 1. The van der Waals surface area contributed by atoms with Gasteiger partial charge in [0.25, 0.3) is 0 Å². The fraction of sp³-hybridized carbons (Fsp3) is 0.0556. The predicted octanol–water partition coefficient (Wildman–Crippen LogP) is 3.95. The zero-order valence-electron chi connectivity index (χ0n) is 13.5. The Kier molecular flexibility index (Phi) is 5.74. The maximum Gasteiger partial charge on any atom is 0.318 e. The maximum absolute atomic E-state index is 12.5. The lowest BCUT2D eigenvalue weighted by Crippen LogP contribution is -2.13. The number of nitrogens with one attached hydrogen (secondary N) is 2. The molecule has 0 heterocycles. The number of benzene rings is 3. The Morgan fingerprint density at radius 3 is 2.31 bits per heavy atom. The van der Waals surface area contributed by atoms with Crippen LogP contribution in [0.2, 0.25) is 0 Å². The molecular formula is C18H15IN2O4S. The SMILES string of the molecule is O=C(CI)Nc1ccc(NOS(=O)(=O)c2cccc3ccccc23)cc1. The van der Waals surface area contributed by atoms with Crippen LogP contribution in [0.3, 0.4) is 0 Å². The van der Waals surface area contributed by atoms with Crippen LogP contribution < -0.4 is 10.8 Å². The largest absolute Gasteiger partial charge is 0.325 e. The van der Waals surface area contributed by atoms with E-state index < -0.39 is 10.1 Å². The fourth-order valence-electron chi connectivity index (χ4n) is 2.38. The van der Waals surface area contributed by atoms with Crippen molar-refractivity contribution < 1.29 is 17.5 Å². The Morgan fingerprint density at radius 1 is 0.923 bits per heavy atom. The number of hydrogen-bond acceptors (Lipinski definition) is 5. The highest BCUT2D eigenvalue weighted by Crippen LogP contribution is 2.24. The second-order valence-electron chi connectivity index (χ2n) is 5.38. The molecule has 3 aromatic rings. The zero-order chi connectivity index (χ0) is 18.6. The van der Waals surface area contributed by atoms with Gasteiger partial charge in [0.2, 0.25) is 5.91 Å². The van der Waals surface area contributed by atoms with Crippen LogP contribution >= 0.6 is 22.6 Å². The molecule has 0 atom stereocenters. The van der Waals surface area contributed by atoms with Gasteiger partial charge in [-0.25, -0.2) is 5.48 Å². The summed E-state index contributed by atoms with van der Waals surface area (Å²) in [5, 5.41) is 4.11. The molecule has 8 heteroatoms. The van der Waals surface area contributed by atoms with Crippen molar-refractivity contribution in [2.24, 2.45) is 0 Å². The smallest absolute Gasteiger partial charge is 0.318 e. The van der Waals surface area contributed by atoms with Crippen molar-refractivity contribution in [1.29, 1.82) is 0 Å². The number of anilines is 2. The van der Waals surface area contributed by atoms with Gasteiger partial charge in [-0.3, -0.25) is 4.79 Å². The van der Waals surface area contributed by atoms with Gasteiger partial charge in [0.05, 0.1) is 10.1 Å². The monoisotopic (exact) mass is 482 g/mol. The molecule has 3 aromatic carbocycles. The first-order valence-electron chi connectivity index (χ1n) is 7.63. The number of amides is 1. The Morgan fingerprint density at radius 2 is 1.58 bits per heavy atom. The lowest BCUT2D eigenvalue weighted by Gasteiger charge is -2.10. The third-order valence-corrected chi connectivity index (χ3v) is 5.47. The predicted molar refractivity (Wildman–Crippen MR) is 110 cm³/mol. The van der Waals surface area contributed by atoms with Gasteiger partial charge < -0.3 is 5.32 Å². The quantitative estimate of drug-likeness (QED) is 0.316. The van der Waals surface area contributed by atoms with Crippen LogP contribution in [0, 0.1) is 0 Å². The second kappa shape index (κ2) is 8.02. The summed E-state index contributed by atoms with van der Waals surface area (Å²) in [6.45, 7) is 0. The van der Waals surface area contributed by atoms with Crippen molar-refractivity contribution in [3.63, 3.8) is 0 Å². The molecule has 0 aliphatic heterocycles. The van der Waals surface area contributed by atoms with Gasteiger partial charge in [0.15, 0.2) is 0 Å². The summed E-state index contributed by atoms with van der Waals surface area (Å²) in [5.74, 6) is -0.110. The Hall–Kier alpha value is -2.17. The highest BCUT2D eigenvalue weighted by molar-refractivity contribution is 14.1. The van der Waals surface area contributed by atoms with E-state index in [-0.39, 0.29) is 10.8 Å². The van der Waals surface area contributed by atoms with Crippen molar-refractivity contribution in [2.75, 3.05) is 15.2 Å². The molecule has 0 bridgehead atoms.